The van der Waals surface area contributed by atoms with Crippen molar-refractivity contribution in [1.29, 1.82) is 0 Å². The van der Waals surface area contributed by atoms with Crippen LogP contribution in [0.5, 0.6) is 5.75 Å². The summed E-state index contributed by atoms with van der Waals surface area (Å²) in [6, 6.07) is 5.49. The number of aromatic amines is 1. The first kappa shape index (κ1) is 11.7. The molecule has 0 saturated carbocycles. The minimum Gasteiger partial charge on any atom is -0.479 e. The Balaban J connectivity index is 1.97. The van der Waals surface area contributed by atoms with E-state index in [1.54, 1.807) is 19.2 Å². The zero-order chi connectivity index (χ0) is 13.4. The highest BCUT2D eigenvalue weighted by Gasteiger charge is 2.23. The van der Waals surface area contributed by atoms with E-state index >= 15 is 0 Å². The lowest BCUT2D eigenvalue weighted by Crippen LogP contribution is -2.34. The number of nitrogens with zero attached hydrogens (tertiary/aromatic N) is 1. The van der Waals surface area contributed by atoms with Crippen LogP contribution in [0.25, 0.3) is 11.3 Å². The first-order valence-electron chi connectivity index (χ1n) is 5.94. The molecule has 1 atom stereocenters. The Morgan fingerprint density at radius 1 is 1.47 bits per heavy atom. The molecule has 0 spiro atoms. The molecule has 1 amide bonds. The largest absolute Gasteiger partial charge is 0.479 e. The smallest absolute Gasteiger partial charge is 0.265 e. The average molecular weight is 259 g/mol. The molecule has 0 radical (unpaired) electrons. The monoisotopic (exact) mass is 259 g/mol. The molecule has 1 aliphatic rings. The van der Waals surface area contributed by atoms with E-state index in [2.05, 4.69) is 15.3 Å². The van der Waals surface area contributed by atoms with E-state index in [0.29, 0.717) is 17.3 Å². The minimum atomic E-state index is -0.480. The molecule has 2 heterocycles. The van der Waals surface area contributed by atoms with Gasteiger partial charge in [-0.1, -0.05) is 0 Å². The van der Waals surface area contributed by atoms with Crippen LogP contribution in [0.15, 0.2) is 24.4 Å². The van der Waals surface area contributed by atoms with Crippen LogP contribution >= 0.6 is 0 Å². The molecule has 0 aliphatic carbocycles. The summed E-state index contributed by atoms with van der Waals surface area (Å²) in [7, 11) is 0. The number of aliphatic hydroxyl groups is 1. The van der Waals surface area contributed by atoms with Gasteiger partial charge in [-0.05, 0) is 25.1 Å². The van der Waals surface area contributed by atoms with Gasteiger partial charge in [0.15, 0.2) is 6.10 Å². The van der Waals surface area contributed by atoms with Crippen molar-refractivity contribution in [2.24, 2.45) is 0 Å². The fraction of sp³-hybridized carbons (Fsp3) is 0.231. The predicted octanol–water partition coefficient (Wildman–Crippen LogP) is 1.29. The number of ether oxygens (including phenoxy) is 1. The van der Waals surface area contributed by atoms with Crippen LogP contribution in [0.1, 0.15) is 12.7 Å². The normalized spacial score (nSPS) is 17.6. The van der Waals surface area contributed by atoms with Gasteiger partial charge < -0.3 is 20.1 Å². The van der Waals surface area contributed by atoms with Crippen molar-refractivity contribution in [1.82, 2.24) is 9.97 Å². The summed E-state index contributed by atoms with van der Waals surface area (Å²) in [5.74, 6) is 0.990. The number of carbonyl (C=O) groups is 1. The number of benzene rings is 1. The van der Waals surface area contributed by atoms with E-state index in [0.717, 1.165) is 11.3 Å². The van der Waals surface area contributed by atoms with Gasteiger partial charge in [0.1, 0.15) is 18.2 Å². The first-order chi connectivity index (χ1) is 9.17. The maximum atomic E-state index is 11.6. The summed E-state index contributed by atoms with van der Waals surface area (Å²) in [5, 5.41) is 11.8. The summed E-state index contributed by atoms with van der Waals surface area (Å²) < 4.78 is 5.48. The molecule has 1 aliphatic heterocycles. The van der Waals surface area contributed by atoms with Crippen molar-refractivity contribution >= 4 is 11.6 Å². The second kappa shape index (κ2) is 4.40. The topological polar surface area (TPSA) is 87.2 Å². The molecular formula is C13H13N3O3. The number of carbonyl (C=O) groups excluding carboxylic acids is 1. The van der Waals surface area contributed by atoms with Gasteiger partial charge in [-0.25, -0.2) is 4.98 Å². The zero-order valence-corrected chi connectivity index (χ0v) is 10.3. The molecule has 6 nitrogen and oxygen atoms in total. The van der Waals surface area contributed by atoms with Gasteiger partial charge in [0.2, 0.25) is 0 Å². The van der Waals surface area contributed by atoms with Gasteiger partial charge in [-0.15, -0.1) is 0 Å². The van der Waals surface area contributed by atoms with Gasteiger partial charge in [0.05, 0.1) is 17.6 Å². The lowest BCUT2D eigenvalue weighted by Gasteiger charge is -2.23. The lowest BCUT2D eigenvalue weighted by atomic mass is 10.1. The highest BCUT2D eigenvalue weighted by molar-refractivity contribution is 5.98. The Morgan fingerprint density at radius 2 is 2.32 bits per heavy atom. The van der Waals surface area contributed by atoms with Gasteiger partial charge in [0.25, 0.3) is 5.91 Å². The number of rotatable bonds is 2. The van der Waals surface area contributed by atoms with E-state index in [-0.39, 0.29) is 12.5 Å². The van der Waals surface area contributed by atoms with Crippen LogP contribution in [0.3, 0.4) is 0 Å². The van der Waals surface area contributed by atoms with E-state index in [1.165, 1.54) is 0 Å². The molecule has 6 heteroatoms. The summed E-state index contributed by atoms with van der Waals surface area (Å²) in [6.07, 6.45) is 1.16. The Kier molecular flexibility index (Phi) is 2.72. The second-order valence-corrected chi connectivity index (χ2v) is 4.36. The van der Waals surface area contributed by atoms with Crippen LogP contribution < -0.4 is 10.1 Å². The summed E-state index contributed by atoms with van der Waals surface area (Å²) >= 11 is 0. The van der Waals surface area contributed by atoms with Crippen molar-refractivity contribution in [3.8, 4) is 17.0 Å². The van der Waals surface area contributed by atoms with Crippen molar-refractivity contribution in [3.05, 3.63) is 30.2 Å². The first-order valence-corrected chi connectivity index (χ1v) is 5.94. The van der Waals surface area contributed by atoms with E-state index in [4.69, 9.17) is 9.84 Å². The molecule has 1 aromatic heterocycles. The molecule has 3 rings (SSSR count). The Labute approximate surface area is 109 Å². The van der Waals surface area contributed by atoms with Crippen LogP contribution in [-0.4, -0.2) is 27.1 Å². The molecule has 1 unspecified atom stereocenters. The van der Waals surface area contributed by atoms with E-state index in [1.807, 2.05) is 12.1 Å². The molecule has 1 aromatic carbocycles. The molecule has 0 fully saturated rings. The fourth-order valence-electron chi connectivity index (χ4n) is 1.97. The van der Waals surface area contributed by atoms with Crippen molar-refractivity contribution < 1.29 is 14.6 Å². The summed E-state index contributed by atoms with van der Waals surface area (Å²) in [4.78, 5) is 18.6. The van der Waals surface area contributed by atoms with Gasteiger partial charge in [0, 0.05) is 5.56 Å². The Morgan fingerprint density at radius 3 is 3.05 bits per heavy atom. The number of hydrogen-bond donors (Lipinski definition) is 3. The summed E-state index contributed by atoms with van der Waals surface area (Å²) in [6.45, 7) is 1.57. The van der Waals surface area contributed by atoms with Crippen LogP contribution in [0.2, 0.25) is 0 Å². The van der Waals surface area contributed by atoms with E-state index < -0.39 is 6.10 Å². The molecular weight excluding hydrogens is 246 g/mol. The number of fused-ring (bicyclic) bond motifs is 1. The molecule has 98 valence electrons. The molecule has 0 saturated heterocycles. The van der Waals surface area contributed by atoms with Gasteiger partial charge >= 0.3 is 0 Å². The zero-order valence-electron chi connectivity index (χ0n) is 10.3. The van der Waals surface area contributed by atoms with E-state index in [9.17, 15) is 4.79 Å². The third kappa shape index (κ3) is 2.06. The predicted molar refractivity (Wildman–Crippen MR) is 68.7 cm³/mol. The Bertz CT molecular complexity index is 636. The van der Waals surface area contributed by atoms with Crippen molar-refractivity contribution in [3.63, 3.8) is 0 Å². The number of hydrogen-bond acceptors (Lipinski definition) is 4. The number of nitrogens with one attached hydrogen (secondary N) is 2. The SMILES string of the molecule is CC1Oc2ccc(-c3cnc(CO)[nH]3)cc2NC1=O. The highest BCUT2D eigenvalue weighted by atomic mass is 16.5. The molecule has 2 aromatic rings. The standard InChI is InChI=1S/C13H13N3O3/c1-7-13(18)16-9-4-8(2-3-11(9)19-7)10-5-14-12(6-17)15-10/h2-5,7,17H,6H2,1H3,(H,14,15)(H,16,18). The minimum absolute atomic E-state index is 0.137. The average Bonchev–Trinajstić information content (AvgIpc) is 2.88. The molecule has 3 N–H and O–H groups in total. The highest BCUT2D eigenvalue weighted by Crippen LogP contribution is 2.33. The van der Waals surface area contributed by atoms with Crippen LogP contribution in [-0.2, 0) is 11.4 Å². The van der Waals surface area contributed by atoms with Gasteiger partial charge in [-0.2, -0.15) is 0 Å². The van der Waals surface area contributed by atoms with Crippen molar-refractivity contribution in [2.45, 2.75) is 19.6 Å². The second-order valence-electron chi connectivity index (χ2n) is 4.36. The van der Waals surface area contributed by atoms with Crippen LogP contribution in [0, 0.1) is 0 Å². The lowest BCUT2D eigenvalue weighted by molar-refractivity contribution is -0.122. The fourth-order valence-corrected chi connectivity index (χ4v) is 1.97. The number of H-pyrrole nitrogens is 1. The molecule has 19 heavy (non-hydrogen) atoms. The number of amides is 1. The van der Waals surface area contributed by atoms with Gasteiger partial charge in [-0.3, -0.25) is 4.79 Å². The van der Waals surface area contributed by atoms with Crippen molar-refractivity contribution in [2.75, 3.05) is 5.32 Å². The number of imidazole rings is 1. The molecule has 0 bridgehead atoms. The quantitative estimate of drug-likeness (QED) is 0.758. The maximum Gasteiger partial charge on any atom is 0.265 e. The number of aromatic nitrogens is 2. The number of aliphatic hydroxyl groups excluding tert-OH is 1. The summed E-state index contributed by atoms with van der Waals surface area (Å²) in [5.41, 5.74) is 2.28. The third-order valence-corrected chi connectivity index (χ3v) is 3.00. The third-order valence-electron chi connectivity index (χ3n) is 3.00. The number of anilines is 1. The van der Waals surface area contributed by atoms with Crippen LogP contribution in [0.4, 0.5) is 5.69 Å². The maximum absolute atomic E-state index is 11.6. The Hall–Kier alpha value is -2.34.